The van der Waals surface area contributed by atoms with E-state index in [0.29, 0.717) is 0 Å². The molecule has 0 aliphatic carbocycles. The summed E-state index contributed by atoms with van der Waals surface area (Å²) in [5, 5.41) is 96.0. The topological polar surface area (TPSA) is 504 Å². The molecule has 38 heteroatoms. The molecule has 4 aliphatic rings. The molecule has 34 nitrogen and oxygen atoms in total. The van der Waals surface area contributed by atoms with Crippen LogP contribution in [-0.4, -0.2) is 217 Å². The number of rotatable bonds is 22. The van der Waals surface area contributed by atoms with Gasteiger partial charge in [0.15, 0.2) is 43.6 Å². The molecule has 4 heterocycles. The standard InChI is InChI=1S/C26H44N2O32S4/c1-6(30)27-9-11(31)15(51-25-13(33)12(32)18(46-2)21(35)54-25)8(5-48-63(40,41)42)50-24(9)53-19-14(34)20(57-64(43,44)45)26(55-22(19)36)52-16-7(4-29)49-23(47-3)10(28-58-62(38)39)17(16)56-61-60-59-37/h7-26,28-29,31-34,37H,4-5H2,1-3H3,(H,27,30)(H,38,39)(H,40,41,42)(H,43,44,45)/q-2/p-4. The second kappa shape index (κ2) is 24.4. The van der Waals surface area contributed by atoms with Crippen molar-refractivity contribution < 1.29 is 149 Å². The summed E-state index contributed by atoms with van der Waals surface area (Å²) in [6.07, 6.45) is -39.8. The predicted octanol–water partition coefficient (Wildman–Crippen LogP) is -11.5. The van der Waals surface area contributed by atoms with Crippen molar-refractivity contribution in [1.29, 1.82) is 0 Å². The number of ether oxygens (including phenoxy) is 9. The second-order valence-electron chi connectivity index (χ2n) is 13.3. The Kier molecular flexibility index (Phi) is 21.1. The van der Waals surface area contributed by atoms with Crippen molar-refractivity contribution in [2.24, 2.45) is 0 Å². The van der Waals surface area contributed by atoms with E-state index in [9.17, 15) is 80.5 Å². The number of methoxy groups -OCH3 is 2. The summed E-state index contributed by atoms with van der Waals surface area (Å²) >= 11 is -3.55. The van der Waals surface area contributed by atoms with Crippen LogP contribution in [0.2, 0.25) is 0 Å². The monoisotopic (exact) mass is 1020 g/mol. The van der Waals surface area contributed by atoms with Crippen molar-refractivity contribution >= 4 is 50.4 Å². The summed E-state index contributed by atoms with van der Waals surface area (Å²) in [5.74, 6) is -1.01. The van der Waals surface area contributed by atoms with Crippen LogP contribution in [0.3, 0.4) is 0 Å². The summed E-state index contributed by atoms with van der Waals surface area (Å²) in [7, 11) is -9.57. The number of nitrogens with one attached hydrogen (secondary N) is 2. The van der Waals surface area contributed by atoms with E-state index in [2.05, 4.69) is 27.3 Å². The minimum Gasteiger partial charge on any atom is -0.829 e. The third-order valence-electron chi connectivity index (χ3n) is 9.29. The van der Waals surface area contributed by atoms with E-state index < -0.39 is 174 Å². The summed E-state index contributed by atoms with van der Waals surface area (Å²) in [5.41, 5.74) is 1.94. The molecule has 0 aromatic carbocycles. The van der Waals surface area contributed by atoms with Gasteiger partial charge in [0.05, 0.1) is 19.3 Å². The number of aliphatic hydroxyl groups excluding tert-OH is 5. The Labute approximate surface area is 367 Å². The van der Waals surface area contributed by atoms with Gasteiger partial charge in [-0.15, -0.1) is 4.33 Å². The van der Waals surface area contributed by atoms with E-state index in [0.717, 1.165) is 21.1 Å². The van der Waals surface area contributed by atoms with Gasteiger partial charge in [-0.2, -0.15) is 5.48 Å². The first-order chi connectivity index (χ1) is 29.9. The van der Waals surface area contributed by atoms with Gasteiger partial charge in [-0.25, -0.2) is 25.3 Å². The highest BCUT2D eigenvalue weighted by Gasteiger charge is 2.56. The molecule has 0 spiro atoms. The molecule has 64 heavy (non-hydrogen) atoms. The number of hydrogen-bond acceptors (Lipinski definition) is 34. The molecule has 0 radical (unpaired) electrons. The number of aliphatic hydroxyl groups is 5. The van der Waals surface area contributed by atoms with Gasteiger partial charge >= 0.3 is 0 Å². The van der Waals surface area contributed by atoms with E-state index in [1.165, 1.54) is 0 Å². The lowest BCUT2D eigenvalue weighted by molar-refractivity contribution is -0.777. The molecule has 21 unspecified atom stereocenters. The van der Waals surface area contributed by atoms with Crippen LogP contribution < -0.4 is 26.3 Å². The Morgan fingerprint density at radius 1 is 0.734 bits per heavy atom. The molecule has 376 valence electrons. The maximum Gasteiger partial charge on any atom is 0.218 e. The van der Waals surface area contributed by atoms with Gasteiger partial charge in [0.1, 0.15) is 84.5 Å². The van der Waals surface area contributed by atoms with Crippen LogP contribution in [0.25, 0.3) is 0 Å². The van der Waals surface area contributed by atoms with E-state index >= 15 is 0 Å². The van der Waals surface area contributed by atoms with Crippen molar-refractivity contribution in [3.8, 4) is 0 Å². The molecule has 0 aromatic rings. The van der Waals surface area contributed by atoms with E-state index in [1.54, 1.807) is 0 Å². The fourth-order valence-corrected chi connectivity index (χ4v) is 7.97. The first-order valence-corrected chi connectivity index (χ1v) is 21.9. The summed E-state index contributed by atoms with van der Waals surface area (Å²) in [6, 6.07) is -3.75. The van der Waals surface area contributed by atoms with Gasteiger partial charge < -0.3 is 103 Å². The Morgan fingerprint density at radius 2 is 1.34 bits per heavy atom. The molecule has 4 fully saturated rings. The molecule has 0 bridgehead atoms. The highest BCUT2D eigenvalue weighted by molar-refractivity contribution is 7.89. The van der Waals surface area contributed by atoms with Gasteiger partial charge in [0.2, 0.25) is 26.7 Å². The highest BCUT2D eigenvalue weighted by atomic mass is 32.3. The molecule has 4 aliphatic heterocycles. The van der Waals surface area contributed by atoms with Gasteiger partial charge in [0.25, 0.3) is 0 Å². The average Bonchev–Trinajstić information content (AvgIpc) is 3.20. The lowest BCUT2D eigenvalue weighted by Gasteiger charge is -2.52. The SMILES string of the molecule is COC1OC(CO)C(OC2OC([O-])C(OC3OC(COS(=O)(=O)[O-])C(OC4OC([O-])C(OC)C(O)C4O)C(O)C3NC(C)=O)C(O)C2OS(=O)(=O)[O-])C(OSOO[O-])C1NOS(=O)[O-]. The molecule has 7 N–H and O–H groups in total. The quantitative estimate of drug-likeness (QED) is 0.0101. The zero-order valence-corrected chi connectivity index (χ0v) is 35.6. The number of amides is 1. The third-order valence-corrected chi connectivity index (χ3v) is 10.8. The third kappa shape index (κ3) is 14.7. The van der Waals surface area contributed by atoms with Gasteiger partial charge in [-0.1, -0.05) is 0 Å². The number of carbonyl (C=O) groups is 1. The minimum atomic E-state index is -5.96. The first kappa shape index (κ1) is 55.4. The first-order valence-electron chi connectivity index (χ1n) is 17.6. The Balaban J connectivity index is 1.68. The van der Waals surface area contributed by atoms with Gasteiger partial charge in [-0.3, -0.25) is 22.4 Å². The fraction of sp³-hybridized carbons (Fsp3) is 0.962. The maximum absolute atomic E-state index is 13.7. The van der Waals surface area contributed by atoms with E-state index in [4.69, 9.17) is 46.8 Å². The molecule has 21 atom stereocenters. The lowest BCUT2D eigenvalue weighted by atomic mass is 9.95. The lowest BCUT2D eigenvalue weighted by Crippen LogP contribution is -2.71. The Morgan fingerprint density at radius 3 is 1.91 bits per heavy atom. The van der Waals surface area contributed by atoms with Gasteiger partial charge in [-0.05, 0) is 0 Å². The van der Waals surface area contributed by atoms with E-state index in [-0.39, 0.29) is 12.3 Å². The van der Waals surface area contributed by atoms with Crippen molar-refractivity contribution in [3.05, 3.63) is 0 Å². The Bertz CT molecular complexity index is 1720. The van der Waals surface area contributed by atoms with Crippen LogP contribution in [0.15, 0.2) is 0 Å². The van der Waals surface area contributed by atoms with Crippen LogP contribution in [-0.2, 0) is 106 Å². The normalized spacial score (nSPS) is 41.7. The summed E-state index contributed by atoms with van der Waals surface area (Å²) in [4.78, 5) is 12.3. The average molecular weight is 1020 g/mol. The van der Waals surface area contributed by atoms with Crippen LogP contribution in [0, 0.1) is 0 Å². The molecule has 1 amide bonds. The van der Waals surface area contributed by atoms with Gasteiger partial charge in [0, 0.05) is 33.7 Å². The van der Waals surface area contributed by atoms with E-state index in [1.807, 2.05) is 5.48 Å². The minimum absolute atomic E-state index is 0.248. The van der Waals surface area contributed by atoms with Crippen molar-refractivity contribution in [1.82, 2.24) is 10.8 Å². The van der Waals surface area contributed by atoms with Crippen LogP contribution in [0.1, 0.15) is 6.92 Å². The van der Waals surface area contributed by atoms with Crippen molar-refractivity contribution in [2.45, 2.75) is 130 Å². The van der Waals surface area contributed by atoms with Crippen molar-refractivity contribution in [2.75, 3.05) is 27.4 Å². The number of hydroxylamine groups is 1. The van der Waals surface area contributed by atoms with Crippen LogP contribution in [0.4, 0.5) is 0 Å². The zero-order chi connectivity index (χ0) is 47.8. The molecule has 0 aromatic heterocycles. The molecule has 4 saturated heterocycles. The number of hydrogen-bond donors (Lipinski definition) is 7. The molecule has 4 rings (SSSR count). The second-order valence-corrected chi connectivity index (χ2v) is 16.4. The molecule has 0 saturated carbocycles. The van der Waals surface area contributed by atoms with Crippen LogP contribution in [0.5, 0.6) is 0 Å². The predicted molar refractivity (Wildman–Crippen MR) is 178 cm³/mol. The maximum atomic E-state index is 13.7. The summed E-state index contributed by atoms with van der Waals surface area (Å²) < 4.78 is 163. The highest BCUT2D eigenvalue weighted by Crippen LogP contribution is 2.36. The number of carbonyl (C=O) groups excluding carboxylic acids is 1. The Hall–Kier alpha value is -1.21. The van der Waals surface area contributed by atoms with Crippen LogP contribution >= 0.6 is 12.3 Å². The molecular formula is C26H40N2O32S4-6. The van der Waals surface area contributed by atoms with Crippen molar-refractivity contribution in [3.63, 3.8) is 0 Å². The summed E-state index contributed by atoms with van der Waals surface area (Å²) in [6.45, 7) is -1.62. The largest absolute Gasteiger partial charge is 0.829 e. The molecular weight excluding hydrogens is 981 g/mol. The zero-order valence-electron chi connectivity index (χ0n) is 32.4. The fourth-order valence-electron chi connectivity index (χ4n) is 6.62. The smallest absolute Gasteiger partial charge is 0.218 e.